The Morgan fingerprint density at radius 1 is 1.12 bits per heavy atom. The number of aromatic nitrogens is 1. The first-order valence-electron chi connectivity index (χ1n) is 15.1. The minimum atomic E-state index is -0.427. The highest BCUT2D eigenvalue weighted by Crippen LogP contribution is 2.33. The van der Waals surface area contributed by atoms with Crippen LogP contribution in [0.3, 0.4) is 0 Å². The van der Waals surface area contributed by atoms with Crippen molar-refractivity contribution in [3.63, 3.8) is 0 Å². The van der Waals surface area contributed by atoms with Gasteiger partial charge in [0.1, 0.15) is 5.82 Å². The summed E-state index contributed by atoms with van der Waals surface area (Å²) in [6.45, 7) is 4.75. The summed E-state index contributed by atoms with van der Waals surface area (Å²) in [5, 5.41) is 12.7. The maximum atomic E-state index is 14.6. The van der Waals surface area contributed by atoms with Gasteiger partial charge in [0, 0.05) is 48.7 Å². The molecular weight excluding hydrogens is 535 g/mol. The van der Waals surface area contributed by atoms with Gasteiger partial charge in [-0.2, -0.15) is 0 Å². The minimum Gasteiger partial charge on any atom is -0.394 e. The zero-order valence-corrected chi connectivity index (χ0v) is 24.4. The minimum absolute atomic E-state index is 0.0132. The van der Waals surface area contributed by atoms with Gasteiger partial charge in [-0.15, -0.1) is 0 Å². The number of hydrogen-bond acceptors (Lipinski definition) is 6. The van der Waals surface area contributed by atoms with Crippen molar-refractivity contribution in [3.05, 3.63) is 65.5 Å². The van der Waals surface area contributed by atoms with Crippen LogP contribution in [-0.2, 0) is 16.1 Å². The number of aliphatic hydroxyl groups is 1. The van der Waals surface area contributed by atoms with Crippen LogP contribution in [0.5, 0.6) is 0 Å². The molecule has 224 valence electrons. The molecule has 2 amide bonds. The van der Waals surface area contributed by atoms with E-state index in [2.05, 4.69) is 12.2 Å². The van der Waals surface area contributed by atoms with Crippen molar-refractivity contribution in [1.29, 1.82) is 0 Å². The molecule has 1 aromatic heterocycles. The topological polar surface area (TPSA) is 95.0 Å². The van der Waals surface area contributed by atoms with Crippen LogP contribution in [0.2, 0.25) is 0 Å². The standard InChI is InChI=1S/C33H41FN4O4/c1-23(24-8-4-2-5-9-24)35-33(41)31-27-20-26(34)12-13-29(27)36-32(25-10-6-3-7-11-25)28(31)21-37-14-15-38(30(40)22-37)16-18-42-19-17-39/h3,6-7,10-13,20,23-24,39H,2,4-5,8-9,14-19,21-22H2,1H3,(H,35,41)/t23-/m0/s1. The Bertz CT molecular complexity index is 1380. The van der Waals surface area contributed by atoms with E-state index in [0.717, 1.165) is 18.4 Å². The van der Waals surface area contributed by atoms with Crippen molar-refractivity contribution in [2.75, 3.05) is 46.0 Å². The first-order valence-corrected chi connectivity index (χ1v) is 15.1. The van der Waals surface area contributed by atoms with Crippen LogP contribution in [0.1, 0.15) is 54.9 Å². The Balaban J connectivity index is 1.50. The van der Waals surface area contributed by atoms with E-state index in [4.69, 9.17) is 14.8 Å². The Morgan fingerprint density at radius 3 is 2.64 bits per heavy atom. The number of halogens is 1. The Hall–Kier alpha value is -3.40. The first-order chi connectivity index (χ1) is 20.4. The third-order valence-corrected chi connectivity index (χ3v) is 8.56. The molecule has 1 aliphatic carbocycles. The molecule has 2 fully saturated rings. The molecule has 3 aromatic rings. The Kier molecular flexibility index (Phi) is 10.2. The fourth-order valence-corrected chi connectivity index (χ4v) is 6.25. The Morgan fingerprint density at radius 2 is 1.90 bits per heavy atom. The molecule has 0 spiro atoms. The average Bonchev–Trinajstić information content (AvgIpc) is 3.00. The fraction of sp³-hybridized carbons (Fsp3) is 0.485. The van der Waals surface area contributed by atoms with Crippen molar-refractivity contribution in [3.8, 4) is 11.3 Å². The van der Waals surface area contributed by atoms with Crippen molar-refractivity contribution < 1.29 is 23.8 Å². The molecule has 42 heavy (non-hydrogen) atoms. The smallest absolute Gasteiger partial charge is 0.252 e. The number of pyridine rings is 1. The molecule has 2 N–H and O–H groups in total. The zero-order chi connectivity index (χ0) is 29.5. The number of ether oxygens (including phenoxy) is 1. The average molecular weight is 577 g/mol. The number of aliphatic hydroxyl groups excluding tert-OH is 1. The van der Waals surface area contributed by atoms with E-state index in [1.807, 2.05) is 35.2 Å². The van der Waals surface area contributed by atoms with Crippen LogP contribution in [0, 0.1) is 11.7 Å². The van der Waals surface area contributed by atoms with E-state index in [1.165, 1.54) is 31.4 Å². The number of carbonyl (C=O) groups is 2. The predicted molar refractivity (Wildman–Crippen MR) is 160 cm³/mol. The number of rotatable bonds is 11. The quantitative estimate of drug-likeness (QED) is 0.329. The number of nitrogens with zero attached hydrogens (tertiary/aromatic N) is 3. The molecule has 1 atom stereocenters. The SMILES string of the molecule is C[C@H](NC(=O)c1c(CN2CCN(CCOCCO)C(=O)C2)c(-c2ccccc2)nc2ccc(F)cc12)C1CCCCC1. The summed E-state index contributed by atoms with van der Waals surface area (Å²) in [4.78, 5) is 36.0. The van der Waals surface area contributed by atoms with Crippen LogP contribution in [0.25, 0.3) is 22.2 Å². The van der Waals surface area contributed by atoms with Crippen LogP contribution < -0.4 is 5.32 Å². The predicted octanol–water partition coefficient (Wildman–Crippen LogP) is 4.39. The lowest BCUT2D eigenvalue weighted by Crippen LogP contribution is -2.51. The van der Waals surface area contributed by atoms with Crippen LogP contribution in [0.15, 0.2) is 48.5 Å². The van der Waals surface area contributed by atoms with E-state index < -0.39 is 5.82 Å². The zero-order valence-electron chi connectivity index (χ0n) is 24.4. The second-order valence-electron chi connectivity index (χ2n) is 11.4. The van der Waals surface area contributed by atoms with Gasteiger partial charge in [-0.05, 0) is 43.9 Å². The molecule has 1 saturated heterocycles. The second kappa shape index (κ2) is 14.2. The maximum Gasteiger partial charge on any atom is 0.252 e. The summed E-state index contributed by atoms with van der Waals surface area (Å²) in [6, 6.07) is 14.1. The lowest BCUT2D eigenvalue weighted by Gasteiger charge is -2.35. The normalized spacial score (nSPS) is 17.5. The van der Waals surface area contributed by atoms with Gasteiger partial charge in [-0.3, -0.25) is 14.5 Å². The molecule has 2 heterocycles. The molecule has 1 saturated carbocycles. The summed E-state index contributed by atoms with van der Waals surface area (Å²) in [5.41, 5.74) is 3.20. The highest BCUT2D eigenvalue weighted by atomic mass is 19.1. The van der Waals surface area contributed by atoms with E-state index in [-0.39, 0.29) is 37.6 Å². The largest absolute Gasteiger partial charge is 0.394 e. The van der Waals surface area contributed by atoms with Crippen LogP contribution in [-0.4, -0.2) is 83.7 Å². The van der Waals surface area contributed by atoms with Gasteiger partial charge in [-0.1, -0.05) is 49.6 Å². The summed E-state index contributed by atoms with van der Waals surface area (Å²) in [5.74, 6) is -0.267. The highest BCUT2D eigenvalue weighted by Gasteiger charge is 2.30. The maximum absolute atomic E-state index is 14.6. The van der Waals surface area contributed by atoms with Gasteiger partial charge in [-0.25, -0.2) is 9.37 Å². The highest BCUT2D eigenvalue weighted by molar-refractivity contribution is 6.09. The summed E-state index contributed by atoms with van der Waals surface area (Å²) >= 11 is 0. The van der Waals surface area contributed by atoms with E-state index in [1.54, 1.807) is 11.0 Å². The molecule has 5 rings (SSSR count). The Labute approximate surface area is 246 Å². The number of nitrogens with one attached hydrogen (secondary N) is 1. The second-order valence-corrected chi connectivity index (χ2v) is 11.4. The number of hydrogen-bond donors (Lipinski definition) is 2. The molecule has 2 aromatic carbocycles. The molecular formula is C33H41FN4O4. The van der Waals surface area contributed by atoms with Crippen LogP contribution in [0.4, 0.5) is 4.39 Å². The molecule has 0 radical (unpaired) electrons. The number of benzene rings is 2. The molecule has 0 bridgehead atoms. The summed E-state index contributed by atoms with van der Waals surface area (Å²) in [6.07, 6.45) is 5.76. The van der Waals surface area contributed by atoms with E-state index >= 15 is 0 Å². The van der Waals surface area contributed by atoms with E-state index in [9.17, 15) is 14.0 Å². The summed E-state index contributed by atoms with van der Waals surface area (Å²) < 4.78 is 20.0. The van der Waals surface area contributed by atoms with Crippen molar-refractivity contribution in [2.24, 2.45) is 5.92 Å². The number of amides is 2. The lowest BCUT2D eigenvalue weighted by molar-refractivity contribution is -0.137. The molecule has 9 heteroatoms. The third-order valence-electron chi connectivity index (χ3n) is 8.56. The number of carbonyl (C=O) groups excluding carboxylic acids is 2. The summed E-state index contributed by atoms with van der Waals surface area (Å²) in [7, 11) is 0. The van der Waals surface area contributed by atoms with Gasteiger partial charge in [0.25, 0.3) is 5.91 Å². The van der Waals surface area contributed by atoms with Gasteiger partial charge in [0.15, 0.2) is 0 Å². The molecule has 1 aliphatic heterocycles. The first kappa shape index (κ1) is 30.1. The van der Waals surface area contributed by atoms with Gasteiger partial charge in [0.2, 0.25) is 5.91 Å². The van der Waals surface area contributed by atoms with Crippen molar-refractivity contribution in [2.45, 2.75) is 51.6 Å². The van der Waals surface area contributed by atoms with Gasteiger partial charge >= 0.3 is 0 Å². The number of fused-ring (bicyclic) bond motifs is 1. The lowest BCUT2D eigenvalue weighted by atomic mass is 9.84. The van der Waals surface area contributed by atoms with Crippen LogP contribution >= 0.6 is 0 Å². The monoisotopic (exact) mass is 576 g/mol. The molecule has 8 nitrogen and oxygen atoms in total. The number of piperazine rings is 1. The fourth-order valence-electron chi connectivity index (χ4n) is 6.25. The molecule has 2 aliphatic rings. The van der Waals surface area contributed by atoms with Gasteiger partial charge < -0.3 is 20.1 Å². The molecule has 0 unspecified atom stereocenters. The van der Waals surface area contributed by atoms with Gasteiger partial charge in [0.05, 0.1) is 43.1 Å². The third kappa shape index (κ3) is 7.14. The van der Waals surface area contributed by atoms with E-state index in [0.29, 0.717) is 66.4 Å². The van der Waals surface area contributed by atoms with Crippen molar-refractivity contribution in [1.82, 2.24) is 20.1 Å². The van der Waals surface area contributed by atoms with Crippen molar-refractivity contribution >= 4 is 22.7 Å².